The van der Waals surface area contributed by atoms with Crippen LogP contribution in [0.2, 0.25) is 0 Å². The number of carboxylic acids is 1. The average molecular weight is 237 g/mol. The highest BCUT2D eigenvalue weighted by atomic mass is 16.4. The second-order valence-corrected chi connectivity index (χ2v) is 3.87. The summed E-state index contributed by atoms with van der Waals surface area (Å²) in [5.41, 5.74) is 5.08. The molecule has 1 heterocycles. The molecule has 17 heavy (non-hydrogen) atoms. The summed E-state index contributed by atoms with van der Waals surface area (Å²) in [6, 6.07) is 4.63. The molecule has 0 radical (unpaired) electrons. The molecule has 1 aromatic rings. The van der Waals surface area contributed by atoms with Gasteiger partial charge in [0, 0.05) is 6.04 Å². The lowest BCUT2D eigenvalue weighted by atomic mass is 10.2. The zero-order valence-electron chi connectivity index (χ0n) is 9.75. The number of hydrogen-bond donors (Lipinski definition) is 2. The molecule has 0 aliphatic rings. The van der Waals surface area contributed by atoms with Crippen LogP contribution in [0, 0.1) is 0 Å². The molecule has 0 atom stereocenters. The van der Waals surface area contributed by atoms with E-state index in [1.807, 2.05) is 13.8 Å². The minimum absolute atomic E-state index is 0.000884. The fourth-order valence-corrected chi connectivity index (χ4v) is 1.40. The third kappa shape index (κ3) is 3.44. The van der Waals surface area contributed by atoms with Gasteiger partial charge >= 0.3 is 5.97 Å². The summed E-state index contributed by atoms with van der Waals surface area (Å²) in [5.74, 6) is -1.16. The van der Waals surface area contributed by atoms with E-state index >= 15 is 0 Å². The Bertz CT molecular complexity index is 432. The van der Waals surface area contributed by atoms with E-state index in [0.29, 0.717) is 5.82 Å². The lowest BCUT2D eigenvalue weighted by Gasteiger charge is -2.26. The Morgan fingerprint density at radius 1 is 1.47 bits per heavy atom. The van der Waals surface area contributed by atoms with Crippen molar-refractivity contribution in [3.05, 3.63) is 23.9 Å². The summed E-state index contributed by atoms with van der Waals surface area (Å²) >= 11 is 0. The number of anilines is 1. The number of rotatable bonds is 5. The third-order valence-corrected chi connectivity index (χ3v) is 2.20. The number of primary amides is 1. The largest absolute Gasteiger partial charge is 0.477 e. The van der Waals surface area contributed by atoms with Gasteiger partial charge in [-0.3, -0.25) is 4.79 Å². The zero-order valence-corrected chi connectivity index (χ0v) is 9.75. The summed E-state index contributed by atoms with van der Waals surface area (Å²) in [4.78, 5) is 27.4. The first-order valence-corrected chi connectivity index (χ1v) is 5.17. The molecule has 1 aromatic heterocycles. The molecule has 1 rings (SSSR count). The number of nitrogens with two attached hydrogens (primary N) is 1. The van der Waals surface area contributed by atoms with Crippen molar-refractivity contribution in [2.45, 2.75) is 19.9 Å². The summed E-state index contributed by atoms with van der Waals surface area (Å²) in [6.45, 7) is 3.75. The van der Waals surface area contributed by atoms with Crippen molar-refractivity contribution < 1.29 is 14.7 Å². The lowest BCUT2D eigenvalue weighted by molar-refractivity contribution is -0.116. The van der Waals surface area contributed by atoms with Gasteiger partial charge in [0.1, 0.15) is 5.82 Å². The van der Waals surface area contributed by atoms with Crippen LogP contribution in [0.1, 0.15) is 24.3 Å². The highest BCUT2D eigenvalue weighted by Crippen LogP contribution is 2.14. The number of amides is 1. The van der Waals surface area contributed by atoms with Crippen LogP contribution in [-0.2, 0) is 4.79 Å². The van der Waals surface area contributed by atoms with E-state index in [1.54, 1.807) is 17.0 Å². The van der Waals surface area contributed by atoms with E-state index < -0.39 is 11.9 Å². The second kappa shape index (κ2) is 5.29. The Balaban J connectivity index is 3.05. The lowest BCUT2D eigenvalue weighted by Crippen LogP contribution is -2.39. The van der Waals surface area contributed by atoms with Gasteiger partial charge in [-0.05, 0) is 26.0 Å². The fraction of sp³-hybridized carbons (Fsp3) is 0.364. The molecular weight excluding hydrogens is 222 g/mol. The molecule has 3 N–H and O–H groups in total. The van der Waals surface area contributed by atoms with Crippen LogP contribution in [0.5, 0.6) is 0 Å². The van der Waals surface area contributed by atoms with E-state index in [-0.39, 0.29) is 18.3 Å². The predicted octanol–water partition coefficient (Wildman–Crippen LogP) is 0.480. The Hall–Kier alpha value is -2.11. The third-order valence-electron chi connectivity index (χ3n) is 2.20. The van der Waals surface area contributed by atoms with Crippen molar-refractivity contribution in [1.82, 2.24) is 4.98 Å². The van der Waals surface area contributed by atoms with Gasteiger partial charge in [-0.15, -0.1) is 0 Å². The van der Waals surface area contributed by atoms with Crippen LogP contribution in [0.25, 0.3) is 0 Å². The first kappa shape index (κ1) is 13.0. The van der Waals surface area contributed by atoms with Crippen LogP contribution in [0.3, 0.4) is 0 Å². The number of carboxylic acid groups (broad SMARTS) is 1. The van der Waals surface area contributed by atoms with Crippen molar-refractivity contribution in [2.24, 2.45) is 5.73 Å². The Labute approximate surface area is 99.1 Å². The highest BCUT2D eigenvalue weighted by molar-refractivity contribution is 5.86. The molecule has 0 aliphatic heterocycles. The molecular formula is C11H15N3O3. The van der Waals surface area contributed by atoms with Crippen molar-refractivity contribution in [2.75, 3.05) is 11.4 Å². The Morgan fingerprint density at radius 3 is 2.59 bits per heavy atom. The van der Waals surface area contributed by atoms with Gasteiger partial charge in [0.15, 0.2) is 5.69 Å². The summed E-state index contributed by atoms with van der Waals surface area (Å²) in [5, 5.41) is 8.84. The highest BCUT2D eigenvalue weighted by Gasteiger charge is 2.15. The van der Waals surface area contributed by atoms with E-state index in [9.17, 15) is 9.59 Å². The summed E-state index contributed by atoms with van der Waals surface area (Å²) < 4.78 is 0. The Morgan fingerprint density at radius 2 is 2.12 bits per heavy atom. The van der Waals surface area contributed by atoms with Crippen LogP contribution in [-0.4, -0.2) is 34.6 Å². The standard InChI is InChI=1S/C11H15N3O3/c1-7(2)14(6-9(12)15)10-5-3-4-8(13-10)11(16)17/h3-5,7H,6H2,1-2H3,(H2,12,15)(H,16,17). The number of nitrogens with zero attached hydrogens (tertiary/aromatic N) is 2. The number of carbonyl (C=O) groups excluding carboxylic acids is 1. The van der Waals surface area contributed by atoms with Gasteiger partial charge < -0.3 is 15.7 Å². The molecule has 1 amide bonds. The molecule has 0 bridgehead atoms. The molecule has 0 fully saturated rings. The summed E-state index contributed by atoms with van der Waals surface area (Å²) in [6.07, 6.45) is 0. The second-order valence-electron chi connectivity index (χ2n) is 3.87. The van der Waals surface area contributed by atoms with Gasteiger partial charge in [-0.1, -0.05) is 6.07 Å². The van der Waals surface area contributed by atoms with Crippen LogP contribution < -0.4 is 10.6 Å². The summed E-state index contributed by atoms with van der Waals surface area (Å²) in [7, 11) is 0. The van der Waals surface area contributed by atoms with Crippen molar-refractivity contribution >= 4 is 17.7 Å². The van der Waals surface area contributed by atoms with Crippen molar-refractivity contribution in [3.63, 3.8) is 0 Å². The minimum Gasteiger partial charge on any atom is -0.477 e. The maximum Gasteiger partial charge on any atom is 0.354 e. The predicted molar refractivity (Wildman–Crippen MR) is 62.9 cm³/mol. The van der Waals surface area contributed by atoms with Crippen molar-refractivity contribution in [3.8, 4) is 0 Å². The van der Waals surface area contributed by atoms with E-state index in [2.05, 4.69) is 4.98 Å². The number of hydrogen-bond acceptors (Lipinski definition) is 4. The number of pyridine rings is 1. The number of aromatic carboxylic acids is 1. The van der Waals surface area contributed by atoms with E-state index in [0.717, 1.165) is 0 Å². The smallest absolute Gasteiger partial charge is 0.354 e. The molecule has 6 heteroatoms. The normalized spacial score (nSPS) is 10.3. The fourth-order valence-electron chi connectivity index (χ4n) is 1.40. The van der Waals surface area contributed by atoms with E-state index in [1.165, 1.54) is 6.07 Å². The SMILES string of the molecule is CC(C)N(CC(N)=O)c1cccc(C(=O)O)n1. The van der Waals surface area contributed by atoms with Gasteiger partial charge in [-0.2, -0.15) is 0 Å². The number of aromatic nitrogens is 1. The van der Waals surface area contributed by atoms with E-state index in [4.69, 9.17) is 10.8 Å². The van der Waals surface area contributed by atoms with Gasteiger partial charge in [-0.25, -0.2) is 9.78 Å². The first-order chi connectivity index (χ1) is 7.91. The molecule has 0 aromatic carbocycles. The van der Waals surface area contributed by atoms with Crippen molar-refractivity contribution in [1.29, 1.82) is 0 Å². The molecule has 6 nitrogen and oxygen atoms in total. The van der Waals surface area contributed by atoms with Crippen LogP contribution in [0.4, 0.5) is 5.82 Å². The molecule has 0 unspecified atom stereocenters. The maximum absolute atomic E-state index is 10.9. The Kier molecular flexibility index (Phi) is 4.03. The molecule has 0 saturated carbocycles. The quantitative estimate of drug-likeness (QED) is 0.776. The molecule has 0 saturated heterocycles. The zero-order chi connectivity index (χ0) is 13.0. The minimum atomic E-state index is -1.10. The van der Waals surface area contributed by atoms with Crippen LogP contribution >= 0.6 is 0 Å². The van der Waals surface area contributed by atoms with Crippen LogP contribution in [0.15, 0.2) is 18.2 Å². The first-order valence-electron chi connectivity index (χ1n) is 5.17. The number of carbonyl (C=O) groups is 2. The average Bonchev–Trinajstić information content (AvgIpc) is 2.25. The topological polar surface area (TPSA) is 96.5 Å². The monoisotopic (exact) mass is 237 g/mol. The van der Waals surface area contributed by atoms with Gasteiger partial charge in [0.05, 0.1) is 6.54 Å². The molecule has 0 aliphatic carbocycles. The molecule has 0 spiro atoms. The van der Waals surface area contributed by atoms with Gasteiger partial charge in [0.2, 0.25) is 5.91 Å². The molecule has 92 valence electrons. The van der Waals surface area contributed by atoms with Gasteiger partial charge in [0.25, 0.3) is 0 Å². The maximum atomic E-state index is 10.9.